The molecule has 6 heteroatoms. The van der Waals surface area contributed by atoms with Gasteiger partial charge in [0.15, 0.2) is 0 Å². The molecule has 0 saturated carbocycles. The summed E-state index contributed by atoms with van der Waals surface area (Å²) in [5.41, 5.74) is 5.99. The molecule has 0 heterocycles. The quantitative estimate of drug-likeness (QED) is 0.833. The Balaban J connectivity index is 3.00. The van der Waals surface area contributed by atoms with E-state index in [4.69, 9.17) is 22.4 Å². The van der Waals surface area contributed by atoms with Gasteiger partial charge in [0.1, 0.15) is 0 Å². The minimum atomic E-state index is -0.903. The maximum atomic E-state index is 11.3. The summed E-state index contributed by atoms with van der Waals surface area (Å²) >= 11 is 5.89. The molecule has 1 amide bonds. The fraction of sp³-hybridized carbons (Fsp3) is 0.273. The van der Waals surface area contributed by atoms with Gasteiger partial charge in [-0.05, 0) is 12.1 Å². The second kappa shape index (κ2) is 5.54. The summed E-state index contributed by atoms with van der Waals surface area (Å²) in [6, 6.07) is 4.92. The molecule has 0 atom stereocenters. The van der Waals surface area contributed by atoms with Crippen LogP contribution in [0.15, 0.2) is 18.2 Å². The van der Waals surface area contributed by atoms with Crippen LogP contribution < -0.4 is 10.6 Å². The largest absolute Gasteiger partial charge is 0.481 e. The highest BCUT2D eigenvalue weighted by Gasteiger charge is 2.15. The third kappa shape index (κ3) is 3.35. The fourth-order valence-corrected chi connectivity index (χ4v) is 1.72. The van der Waals surface area contributed by atoms with E-state index in [0.29, 0.717) is 5.69 Å². The summed E-state index contributed by atoms with van der Waals surface area (Å²) in [6.45, 7) is 0.274. The van der Waals surface area contributed by atoms with Gasteiger partial charge < -0.3 is 15.7 Å². The molecule has 0 unspecified atom stereocenters. The molecule has 0 saturated heterocycles. The number of hydrogen-bond donors (Lipinski definition) is 2. The van der Waals surface area contributed by atoms with Gasteiger partial charge in [-0.3, -0.25) is 9.59 Å². The van der Waals surface area contributed by atoms with Crippen molar-refractivity contribution in [2.45, 2.75) is 6.42 Å². The second-order valence-corrected chi connectivity index (χ2v) is 3.97. The molecule has 92 valence electrons. The molecular formula is C11H13ClN2O3. The van der Waals surface area contributed by atoms with Gasteiger partial charge in [0, 0.05) is 13.6 Å². The van der Waals surface area contributed by atoms with E-state index < -0.39 is 11.9 Å². The number of carbonyl (C=O) groups is 2. The number of nitrogens with zero attached hydrogens (tertiary/aromatic N) is 1. The lowest BCUT2D eigenvalue weighted by atomic mass is 10.1. The van der Waals surface area contributed by atoms with Crippen molar-refractivity contribution < 1.29 is 14.7 Å². The van der Waals surface area contributed by atoms with Crippen molar-refractivity contribution in [2.24, 2.45) is 5.73 Å². The SMILES string of the molecule is CN(CCC(=O)O)c1cccc(Cl)c1C(N)=O. The number of rotatable bonds is 5. The Morgan fingerprint density at radius 3 is 2.65 bits per heavy atom. The van der Waals surface area contributed by atoms with Crippen molar-refractivity contribution in [3.05, 3.63) is 28.8 Å². The topological polar surface area (TPSA) is 83.6 Å². The number of carboxylic acid groups (broad SMARTS) is 1. The van der Waals surface area contributed by atoms with Crippen molar-refractivity contribution >= 4 is 29.2 Å². The zero-order valence-electron chi connectivity index (χ0n) is 9.31. The molecule has 5 nitrogen and oxygen atoms in total. The first kappa shape index (κ1) is 13.3. The number of carbonyl (C=O) groups excluding carboxylic acids is 1. The average molecular weight is 257 g/mol. The molecule has 0 bridgehead atoms. The van der Waals surface area contributed by atoms with E-state index in [2.05, 4.69) is 0 Å². The Hall–Kier alpha value is -1.75. The number of carboxylic acids is 1. The summed E-state index contributed by atoms with van der Waals surface area (Å²) < 4.78 is 0. The van der Waals surface area contributed by atoms with Gasteiger partial charge in [-0.15, -0.1) is 0 Å². The van der Waals surface area contributed by atoms with Crippen LogP contribution in [-0.4, -0.2) is 30.6 Å². The van der Waals surface area contributed by atoms with E-state index in [1.807, 2.05) is 0 Å². The Labute approximate surface area is 104 Å². The Bertz CT molecular complexity index is 448. The van der Waals surface area contributed by atoms with E-state index in [9.17, 15) is 9.59 Å². The smallest absolute Gasteiger partial charge is 0.305 e. The minimum Gasteiger partial charge on any atom is -0.481 e. The van der Waals surface area contributed by atoms with Gasteiger partial charge in [0.25, 0.3) is 5.91 Å². The maximum Gasteiger partial charge on any atom is 0.305 e. The standard InChI is InChI=1S/C11H13ClN2O3/c1-14(6-5-9(15)16)8-4-2-3-7(12)10(8)11(13)17/h2-4H,5-6H2,1H3,(H2,13,17)(H,15,16). The maximum absolute atomic E-state index is 11.3. The Kier molecular flexibility index (Phi) is 4.34. The van der Waals surface area contributed by atoms with E-state index in [1.54, 1.807) is 30.1 Å². The lowest BCUT2D eigenvalue weighted by molar-refractivity contribution is -0.136. The molecule has 1 aromatic rings. The van der Waals surface area contributed by atoms with Crippen LogP contribution in [0, 0.1) is 0 Å². The summed E-state index contributed by atoms with van der Waals surface area (Å²) in [6.07, 6.45) is -0.0266. The van der Waals surface area contributed by atoms with Gasteiger partial charge in [0.2, 0.25) is 0 Å². The van der Waals surface area contributed by atoms with Crippen molar-refractivity contribution in [3.63, 3.8) is 0 Å². The molecule has 3 N–H and O–H groups in total. The summed E-state index contributed by atoms with van der Waals surface area (Å²) in [4.78, 5) is 23.4. The van der Waals surface area contributed by atoms with Crippen LogP contribution >= 0.6 is 11.6 Å². The van der Waals surface area contributed by atoms with Gasteiger partial charge in [-0.2, -0.15) is 0 Å². The third-order valence-electron chi connectivity index (χ3n) is 2.31. The molecule has 0 aromatic heterocycles. The zero-order chi connectivity index (χ0) is 13.0. The van der Waals surface area contributed by atoms with Crippen molar-refractivity contribution in [1.29, 1.82) is 0 Å². The number of anilines is 1. The molecule has 17 heavy (non-hydrogen) atoms. The fourth-order valence-electron chi connectivity index (χ4n) is 1.46. The molecule has 0 aliphatic rings. The predicted octanol–water partition coefficient (Wildman–Crippen LogP) is 1.35. The monoisotopic (exact) mass is 256 g/mol. The molecule has 1 rings (SSSR count). The molecule has 1 aromatic carbocycles. The summed E-state index contributed by atoms with van der Waals surface area (Å²) in [5, 5.41) is 8.86. The number of benzene rings is 1. The van der Waals surface area contributed by atoms with Crippen molar-refractivity contribution in [1.82, 2.24) is 0 Å². The highest BCUT2D eigenvalue weighted by Crippen LogP contribution is 2.26. The summed E-state index contributed by atoms with van der Waals surface area (Å²) in [5.74, 6) is -1.53. The van der Waals surface area contributed by atoms with Gasteiger partial charge in [-0.25, -0.2) is 0 Å². The molecule has 0 radical (unpaired) electrons. The van der Waals surface area contributed by atoms with E-state index in [-0.39, 0.29) is 23.6 Å². The Morgan fingerprint density at radius 1 is 1.47 bits per heavy atom. The van der Waals surface area contributed by atoms with Gasteiger partial charge in [-0.1, -0.05) is 17.7 Å². The minimum absolute atomic E-state index is 0.0266. The van der Waals surface area contributed by atoms with Crippen LogP contribution in [0.2, 0.25) is 5.02 Å². The first-order valence-corrected chi connectivity index (χ1v) is 5.32. The lowest BCUT2D eigenvalue weighted by Crippen LogP contribution is -2.25. The van der Waals surface area contributed by atoms with Crippen molar-refractivity contribution in [2.75, 3.05) is 18.5 Å². The van der Waals surface area contributed by atoms with Crippen LogP contribution in [0.5, 0.6) is 0 Å². The van der Waals surface area contributed by atoms with Crippen LogP contribution in [-0.2, 0) is 4.79 Å². The number of nitrogens with two attached hydrogens (primary N) is 1. The summed E-state index contributed by atoms with van der Waals surface area (Å²) in [7, 11) is 1.68. The number of hydrogen-bond acceptors (Lipinski definition) is 3. The third-order valence-corrected chi connectivity index (χ3v) is 2.63. The lowest BCUT2D eigenvalue weighted by Gasteiger charge is -2.21. The molecule has 0 aliphatic heterocycles. The van der Waals surface area contributed by atoms with Crippen LogP contribution in [0.3, 0.4) is 0 Å². The van der Waals surface area contributed by atoms with Crippen LogP contribution in [0.4, 0.5) is 5.69 Å². The second-order valence-electron chi connectivity index (χ2n) is 3.56. The number of halogens is 1. The number of primary amides is 1. The predicted molar refractivity (Wildman–Crippen MR) is 65.5 cm³/mol. The van der Waals surface area contributed by atoms with E-state index in [0.717, 1.165) is 0 Å². The number of aliphatic carboxylic acids is 1. The first-order valence-electron chi connectivity index (χ1n) is 4.94. The van der Waals surface area contributed by atoms with Crippen molar-refractivity contribution in [3.8, 4) is 0 Å². The van der Waals surface area contributed by atoms with E-state index >= 15 is 0 Å². The number of amides is 1. The Morgan fingerprint density at radius 2 is 2.12 bits per heavy atom. The van der Waals surface area contributed by atoms with E-state index in [1.165, 1.54) is 0 Å². The van der Waals surface area contributed by atoms with Gasteiger partial charge in [0.05, 0.1) is 22.7 Å². The first-order chi connectivity index (χ1) is 7.93. The zero-order valence-corrected chi connectivity index (χ0v) is 10.1. The molecule has 0 spiro atoms. The molecule has 0 aliphatic carbocycles. The normalized spacial score (nSPS) is 10.0. The van der Waals surface area contributed by atoms with Crippen LogP contribution in [0.1, 0.15) is 16.8 Å². The van der Waals surface area contributed by atoms with Gasteiger partial charge >= 0.3 is 5.97 Å². The highest BCUT2D eigenvalue weighted by atomic mass is 35.5. The molecule has 0 fully saturated rings. The highest BCUT2D eigenvalue weighted by molar-refractivity contribution is 6.34. The average Bonchev–Trinajstić information content (AvgIpc) is 2.24. The molecular weight excluding hydrogens is 244 g/mol. The van der Waals surface area contributed by atoms with Crippen LogP contribution in [0.25, 0.3) is 0 Å².